The average molecular weight is 573 g/mol. The second-order valence-corrected chi connectivity index (χ2v) is 14.2. The van der Waals surface area contributed by atoms with E-state index in [0.29, 0.717) is 22.5 Å². The summed E-state index contributed by atoms with van der Waals surface area (Å²) in [6, 6.07) is 5.51. The highest BCUT2D eigenvalue weighted by molar-refractivity contribution is 7.89. The maximum atomic E-state index is 13.4. The summed E-state index contributed by atoms with van der Waals surface area (Å²) in [7, 11) is -6.01. The normalized spacial score (nSPS) is 20.1. The van der Waals surface area contributed by atoms with Crippen LogP contribution in [0.4, 0.5) is 0 Å². The Morgan fingerprint density at radius 2 is 2.00 bits per heavy atom. The molecule has 1 saturated heterocycles. The highest BCUT2D eigenvalue weighted by Gasteiger charge is 2.39. The number of nitrogens with zero attached hydrogens (tertiary/aromatic N) is 4. The zero-order valence-corrected chi connectivity index (χ0v) is 22.6. The van der Waals surface area contributed by atoms with Crippen LogP contribution in [0.1, 0.15) is 20.4 Å². The van der Waals surface area contributed by atoms with Crippen LogP contribution in [0.25, 0.3) is 10.9 Å². The number of nitrogens with one attached hydrogen (secondary N) is 1. The van der Waals surface area contributed by atoms with E-state index in [9.17, 15) is 21.6 Å². The zero-order chi connectivity index (χ0) is 25.8. The van der Waals surface area contributed by atoms with Crippen LogP contribution in [0.15, 0.2) is 29.3 Å². The van der Waals surface area contributed by atoms with Crippen molar-refractivity contribution in [3.8, 4) is 0 Å². The number of carbonyl (C=O) groups excluding carboxylic acids is 1. The monoisotopic (exact) mass is 572 g/mol. The summed E-state index contributed by atoms with van der Waals surface area (Å²) < 4.78 is 52.1. The number of aromatic amines is 1. The third-order valence-corrected chi connectivity index (χ3v) is 10.4. The van der Waals surface area contributed by atoms with Gasteiger partial charge in [-0.1, -0.05) is 11.6 Å². The predicted octanol–water partition coefficient (Wildman–Crippen LogP) is 1.07. The zero-order valence-electron chi connectivity index (χ0n) is 19.3. The Balaban J connectivity index is 1.42. The minimum absolute atomic E-state index is 0.000852. The fraction of sp³-hybridized carbons (Fsp3) is 0.429. The number of sulfonamides is 2. The molecule has 2 aliphatic rings. The minimum Gasteiger partial charge on any atom is -0.345 e. The number of thiazole rings is 1. The van der Waals surface area contributed by atoms with Crippen molar-refractivity contribution in [1.29, 1.82) is 0 Å². The molecule has 5 rings (SSSR count). The molecule has 1 atom stereocenters. The van der Waals surface area contributed by atoms with Gasteiger partial charge < -0.3 is 14.8 Å². The summed E-state index contributed by atoms with van der Waals surface area (Å²) in [6.07, 6.45) is 0.734. The largest absolute Gasteiger partial charge is 0.345 e. The molecule has 1 unspecified atom stereocenters. The van der Waals surface area contributed by atoms with E-state index in [1.807, 2.05) is 7.05 Å². The van der Waals surface area contributed by atoms with Crippen molar-refractivity contribution in [2.75, 3.05) is 39.0 Å². The van der Waals surface area contributed by atoms with Gasteiger partial charge in [0.25, 0.3) is 15.9 Å². The fourth-order valence-electron chi connectivity index (χ4n) is 4.62. The standard InChI is InChI=1S/C21H25ClN6O5S3/c1-26-5-4-17-18(11-26)34-20(25-17)21(29)28-7-6-27(10-15(28)12-35(23,30)31)36(32,33)19-9-13-8-14(22)2-3-16(13)24-19/h2-3,8-9,15,24H,4-7,10-12H2,1H3,(H2,23,30,31). The van der Waals surface area contributed by atoms with Gasteiger partial charge in [0, 0.05) is 59.9 Å². The number of nitrogens with two attached hydrogens (primary N) is 1. The third kappa shape index (κ3) is 5.03. The van der Waals surface area contributed by atoms with E-state index in [1.54, 1.807) is 18.2 Å². The first-order valence-electron chi connectivity index (χ1n) is 11.2. The molecule has 36 heavy (non-hydrogen) atoms. The van der Waals surface area contributed by atoms with Gasteiger partial charge in [-0.3, -0.25) is 4.79 Å². The second-order valence-electron chi connectivity index (χ2n) is 9.09. The lowest BCUT2D eigenvalue weighted by atomic mass is 10.2. The number of rotatable bonds is 5. The average Bonchev–Trinajstić information content (AvgIpc) is 3.41. The Kier molecular flexibility index (Phi) is 6.64. The van der Waals surface area contributed by atoms with E-state index in [2.05, 4.69) is 14.9 Å². The number of hydrogen-bond donors (Lipinski definition) is 2. The van der Waals surface area contributed by atoms with Crippen molar-refractivity contribution >= 4 is 59.8 Å². The maximum Gasteiger partial charge on any atom is 0.283 e. The number of benzene rings is 1. The van der Waals surface area contributed by atoms with Crippen molar-refractivity contribution in [2.45, 2.75) is 24.0 Å². The van der Waals surface area contributed by atoms with Crippen LogP contribution in [0.2, 0.25) is 5.02 Å². The Labute approximate surface area is 217 Å². The van der Waals surface area contributed by atoms with Crippen molar-refractivity contribution in [1.82, 2.24) is 24.1 Å². The van der Waals surface area contributed by atoms with Gasteiger partial charge in [-0.2, -0.15) is 4.31 Å². The van der Waals surface area contributed by atoms with Crippen LogP contribution in [0.3, 0.4) is 0 Å². The van der Waals surface area contributed by atoms with Gasteiger partial charge >= 0.3 is 0 Å². The number of fused-ring (bicyclic) bond motifs is 2. The van der Waals surface area contributed by atoms with Gasteiger partial charge in [0.15, 0.2) is 5.01 Å². The van der Waals surface area contributed by atoms with E-state index in [-0.39, 0.29) is 29.7 Å². The summed E-state index contributed by atoms with van der Waals surface area (Å²) in [4.78, 5) is 25.3. The van der Waals surface area contributed by atoms with E-state index in [1.165, 1.54) is 26.6 Å². The van der Waals surface area contributed by atoms with Crippen molar-refractivity contribution < 1.29 is 21.6 Å². The third-order valence-electron chi connectivity index (χ3n) is 6.41. The SMILES string of the molecule is CN1CCc2nc(C(=O)N3CCN(S(=O)(=O)c4cc5cc(Cl)ccc5[nH]4)CC3CS(N)(=O)=O)sc2C1. The first kappa shape index (κ1) is 25.6. The van der Waals surface area contributed by atoms with Gasteiger partial charge in [0.05, 0.1) is 17.5 Å². The van der Waals surface area contributed by atoms with Gasteiger partial charge in [-0.15, -0.1) is 11.3 Å². The predicted molar refractivity (Wildman–Crippen MR) is 137 cm³/mol. The van der Waals surface area contributed by atoms with Crippen molar-refractivity contribution in [3.05, 3.63) is 44.9 Å². The van der Waals surface area contributed by atoms with Crippen molar-refractivity contribution in [3.63, 3.8) is 0 Å². The molecule has 0 radical (unpaired) electrons. The molecule has 2 aromatic heterocycles. The van der Waals surface area contributed by atoms with Crippen LogP contribution < -0.4 is 5.14 Å². The smallest absolute Gasteiger partial charge is 0.283 e. The van der Waals surface area contributed by atoms with Crippen LogP contribution in [-0.2, 0) is 33.0 Å². The van der Waals surface area contributed by atoms with E-state index in [0.717, 1.165) is 23.5 Å². The maximum absolute atomic E-state index is 13.4. The Morgan fingerprint density at radius 3 is 2.75 bits per heavy atom. The summed E-state index contributed by atoms with van der Waals surface area (Å²) in [5.41, 5.74) is 1.48. The highest BCUT2D eigenvalue weighted by atomic mass is 35.5. The highest BCUT2D eigenvalue weighted by Crippen LogP contribution is 2.29. The number of hydrogen-bond acceptors (Lipinski definition) is 8. The quantitative estimate of drug-likeness (QED) is 0.464. The molecule has 3 N–H and O–H groups in total. The van der Waals surface area contributed by atoms with Gasteiger partial charge in [0.1, 0.15) is 5.03 Å². The molecule has 1 amide bonds. The molecule has 0 bridgehead atoms. The second kappa shape index (κ2) is 9.35. The molecule has 0 spiro atoms. The number of halogens is 1. The molecule has 11 nitrogen and oxygen atoms in total. The van der Waals surface area contributed by atoms with Crippen LogP contribution in [-0.4, -0.2) is 91.8 Å². The number of likely N-dealkylation sites (N-methyl/N-ethyl adjacent to an activating group) is 1. The summed E-state index contributed by atoms with van der Waals surface area (Å²) >= 11 is 7.32. The molecule has 4 heterocycles. The Bertz CT molecular complexity index is 1550. The summed E-state index contributed by atoms with van der Waals surface area (Å²) in [6.45, 7) is 1.33. The van der Waals surface area contributed by atoms with E-state index >= 15 is 0 Å². The number of H-pyrrole nitrogens is 1. The number of amides is 1. The summed E-state index contributed by atoms with van der Waals surface area (Å²) in [5.74, 6) is -0.982. The van der Waals surface area contributed by atoms with Gasteiger partial charge in [0.2, 0.25) is 10.0 Å². The van der Waals surface area contributed by atoms with Crippen LogP contribution in [0.5, 0.6) is 0 Å². The lowest BCUT2D eigenvalue weighted by molar-refractivity contribution is 0.0595. The minimum atomic E-state index is -4.00. The van der Waals surface area contributed by atoms with E-state index < -0.39 is 37.7 Å². The van der Waals surface area contributed by atoms with Crippen LogP contribution in [0, 0.1) is 0 Å². The number of piperazine rings is 1. The molecule has 0 aliphatic carbocycles. The topological polar surface area (TPSA) is 150 Å². The van der Waals surface area contributed by atoms with Crippen LogP contribution >= 0.6 is 22.9 Å². The lowest BCUT2D eigenvalue weighted by Crippen LogP contribution is -2.59. The Morgan fingerprint density at radius 1 is 1.22 bits per heavy atom. The molecule has 2 aliphatic heterocycles. The molecule has 1 fully saturated rings. The molecule has 3 aromatic rings. The number of carbonyl (C=O) groups is 1. The Hall–Kier alpha value is -2.07. The van der Waals surface area contributed by atoms with Gasteiger partial charge in [-0.05, 0) is 31.3 Å². The van der Waals surface area contributed by atoms with Gasteiger partial charge in [-0.25, -0.2) is 27.0 Å². The van der Waals surface area contributed by atoms with Crippen molar-refractivity contribution in [2.24, 2.45) is 5.14 Å². The molecule has 0 saturated carbocycles. The molecule has 1 aromatic carbocycles. The molecule has 194 valence electrons. The fourth-order valence-corrected chi connectivity index (χ4v) is 8.25. The number of primary sulfonamides is 1. The summed E-state index contributed by atoms with van der Waals surface area (Å²) in [5, 5.41) is 6.67. The first-order chi connectivity index (χ1) is 16.9. The van der Waals surface area contributed by atoms with E-state index in [4.69, 9.17) is 16.7 Å². The first-order valence-corrected chi connectivity index (χ1v) is 15.5. The lowest BCUT2D eigenvalue weighted by Gasteiger charge is -2.39. The molecular weight excluding hydrogens is 548 g/mol. The molecular formula is C21H25ClN6O5S3. The number of aromatic nitrogens is 2. The molecule has 15 heteroatoms.